The molecular weight excluding hydrogens is 324 g/mol. The van der Waals surface area contributed by atoms with Crippen molar-refractivity contribution in [3.05, 3.63) is 0 Å². The van der Waals surface area contributed by atoms with Gasteiger partial charge in [-0.15, -0.1) is 0 Å². The van der Waals surface area contributed by atoms with Crippen LogP contribution in [0.4, 0.5) is 0 Å². The van der Waals surface area contributed by atoms with Gasteiger partial charge in [-0.25, -0.2) is 8.42 Å². The summed E-state index contributed by atoms with van der Waals surface area (Å²) in [6.45, 7) is 8.40. The average molecular weight is 353 g/mol. The molecule has 0 aromatic rings. The van der Waals surface area contributed by atoms with Gasteiger partial charge in [0, 0.05) is 30.2 Å². The SMILES string of the molecule is CCCCN(CCCC)CCCN1CC(S(=O)(=O)Cl)CC1=O. The molecule has 1 atom stereocenters. The van der Waals surface area contributed by atoms with E-state index < -0.39 is 14.3 Å². The first-order valence-corrected chi connectivity index (χ1v) is 10.7. The molecule has 130 valence electrons. The van der Waals surface area contributed by atoms with Gasteiger partial charge >= 0.3 is 0 Å². The summed E-state index contributed by atoms with van der Waals surface area (Å²) in [6.07, 6.45) is 5.66. The predicted octanol–water partition coefficient (Wildman–Crippen LogP) is 2.45. The number of rotatable bonds is 11. The zero-order valence-corrected chi connectivity index (χ0v) is 15.3. The minimum Gasteiger partial charge on any atom is -0.341 e. The highest BCUT2D eigenvalue weighted by Gasteiger charge is 2.36. The lowest BCUT2D eigenvalue weighted by Gasteiger charge is -2.23. The Morgan fingerprint density at radius 2 is 1.68 bits per heavy atom. The molecule has 1 amide bonds. The highest BCUT2D eigenvalue weighted by Crippen LogP contribution is 2.21. The number of unbranched alkanes of at least 4 members (excludes halogenated alkanes) is 2. The summed E-state index contributed by atoms with van der Waals surface area (Å²) < 4.78 is 22.6. The summed E-state index contributed by atoms with van der Waals surface area (Å²) in [5.41, 5.74) is 0. The molecule has 0 radical (unpaired) electrons. The molecule has 0 N–H and O–H groups in total. The van der Waals surface area contributed by atoms with E-state index in [2.05, 4.69) is 18.7 Å². The lowest BCUT2D eigenvalue weighted by atomic mass is 10.2. The number of carbonyl (C=O) groups is 1. The summed E-state index contributed by atoms with van der Waals surface area (Å²) in [4.78, 5) is 15.9. The molecule has 1 rings (SSSR count). The number of hydrogen-bond acceptors (Lipinski definition) is 4. The normalized spacial score (nSPS) is 19.4. The van der Waals surface area contributed by atoms with E-state index in [4.69, 9.17) is 10.7 Å². The van der Waals surface area contributed by atoms with E-state index in [9.17, 15) is 13.2 Å². The summed E-state index contributed by atoms with van der Waals surface area (Å²) in [5.74, 6) is -0.0945. The van der Waals surface area contributed by atoms with Gasteiger partial charge < -0.3 is 9.80 Å². The van der Waals surface area contributed by atoms with Crippen molar-refractivity contribution in [2.45, 2.75) is 57.6 Å². The van der Waals surface area contributed by atoms with Crippen LogP contribution in [-0.4, -0.2) is 62.1 Å². The standard InChI is InChI=1S/C15H29ClN2O3S/c1-3-5-8-17(9-6-4-2)10-7-11-18-13-14(12-15(18)19)22(16,20)21/h14H,3-13H2,1-2H3. The largest absolute Gasteiger partial charge is 0.341 e. The number of hydrogen-bond donors (Lipinski definition) is 0. The molecule has 22 heavy (non-hydrogen) atoms. The molecule has 0 spiro atoms. The van der Waals surface area contributed by atoms with Crippen LogP contribution in [0.3, 0.4) is 0 Å². The van der Waals surface area contributed by atoms with Gasteiger partial charge in [-0.3, -0.25) is 4.79 Å². The molecule has 7 heteroatoms. The van der Waals surface area contributed by atoms with Crippen LogP contribution in [0.5, 0.6) is 0 Å². The van der Waals surface area contributed by atoms with Gasteiger partial charge in [0.05, 0.1) is 0 Å². The molecule has 1 heterocycles. The number of carbonyl (C=O) groups excluding carboxylic acids is 1. The molecule has 0 aliphatic carbocycles. The fourth-order valence-corrected chi connectivity index (χ4v) is 3.78. The van der Waals surface area contributed by atoms with Gasteiger partial charge in [0.2, 0.25) is 15.0 Å². The molecule has 5 nitrogen and oxygen atoms in total. The van der Waals surface area contributed by atoms with Crippen LogP contribution in [0.15, 0.2) is 0 Å². The maximum atomic E-state index is 11.8. The molecule has 0 saturated carbocycles. The Hall–Kier alpha value is -0.330. The first kappa shape index (κ1) is 19.7. The van der Waals surface area contributed by atoms with Crippen molar-refractivity contribution in [1.82, 2.24) is 9.80 Å². The second-order valence-electron chi connectivity index (χ2n) is 6.04. The number of halogens is 1. The highest BCUT2D eigenvalue weighted by molar-refractivity contribution is 8.14. The van der Waals surface area contributed by atoms with Crippen LogP contribution in [0.25, 0.3) is 0 Å². The third-order valence-corrected chi connectivity index (χ3v) is 6.00. The highest BCUT2D eigenvalue weighted by atomic mass is 35.7. The van der Waals surface area contributed by atoms with Crippen molar-refractivity contribution in [2.24, 2.45) is 0 Å². The van der Waals surface area contributed by atoms with E-state index in [0.29, 0.717) is 6.54 Å². The third kappa shape index (κ3) is 6.84. The Kier molecular flexibility index (Phi) is 8.72. The molecule has 1 aliphatic rings. The lowest BCUT2D eigenvalue weighted by molar-refractivity contribution is -0.127. The lowest BCUT2D eigenvalue weighted by Crippen LogP contribution is -2.32. The molecule has 1 unspecified atom stereocenters. The van der Waals surface area contributed by atoms with Gasteiger partial charge in [0.25, 0.3) is 0 Å². The molecule has 0 aromatic heterocycles. The van der Waals surface area contributed by atoms with Gasteiger partial charge in [-0.05, 0) is 38.9 Å². The molecule has 1 fully saturated rings. The zero-order valence-electron chi connectivity index (χ0n) is 13.8. The Morgan fingerprint density at radius 3 is 2.14 bits per heavy atom. The summed E-state index contributed by atoms with van der Waals surface area (Å²) in [6, 6.07) is 0. The monoisotopic (exact) mass is 352 g/mol. The maximum absolute atomic E-state index is 11.8. The molecule has 0 bridgehead atoms. The van der Waals surface area contributed by atoms with E-state index in [1.54, 1.807) is 4.90 Å². The average Bonchev–Trinajstić information content (AvgIpc) is 2.83. The third-order valence-electron chi connectivity index (χ3n) is 4.14. The zero-order chi connectivity index (χ0) is 16.6. The van der Waals surface area contributed by atoms with Crippen LogP contribution in [-0.2, 0) is 13.8 Å². The Balaban J connectivity index is 2.36. The Morgan fingerprint density at radius 1 is 1.14 bits per heavy atom. The first-order valence-electron chi connectivity index (χ1n) is 8.32. The smallest absolute Gasteiger partial charge is 0.237 e. The first-order chi connectivity index (χ1) is 10.4. The van der Waals surface area contributed by atoms with Crippen molar-refractivity contribution < 1.29 is 13.2 Å². The van der Waals surface area contributed by atoms with Crippen LogP contribution in [0.1, 0.15) is 52.4 Å². The fourth-order valence-electron chi connectivity index (χ4n) is 2.72. The topological polar surface area (TPSA) is 57.7 Å². The van der Waals surface area contributed by atoms with Crippen molar-refractivity contribution in [3.63, 3.8) is 0 Å². The Labute approximate surface area is 139 Å². The minimum atomic E-state index is -3.63. The molecule has 1 aliphatic heterocycles. The van der Waals surface area contributed by atoms with Crippen molar-refractivity contribution >= 4 is 25.6 Å². The van der Waals surface area contributed by atoms with Gasteiger partial charge in [-0.1, -0.05) is 26.7 Å². The van der Waals surface area contributed by atoms with Crippen LogP contribution < -0.4 is 0 Å². The van der Waals surface area contributed by atoms with Gasteiger partial charge in [0.15, 0.2) is 0 Å². The van der Waals surface area contributed by atoms with E-state index in [-0.39, 0.29) is 18.9 Å². The van der Waals surface area contributed by atoms with Crippen LogP contribution in [0.2, 0.25) is 0 Å². The van der Waals surface area contributed by atoms with Crippen molar-refractivity contribution in [1.29, 1.82) is 0 Å². The summed E-state index contributed by atoms with van der Waals surface area (Å²) >= 11 is 0. The second-order valence-corrected chi connectivity index (χ2v) is 8.95. The van der Waals surface area contributed by atoms with Crippen LogP contribution >= 0.6 is 10.7 Å². The molecular formula is C15H29ClN2O3S. The van der Waals surface area contributed by atoms with E-state index >= 15 is 0 Å². The van der Waals surface area contributed by atoms with Gasteiger partial charge in [0.1, 0.15) is 5.25 Å². The predicted molar refractivity (Wildman–Crippen MR) is 90.6 cm³/mol. The van der Waals surface area contributed by atoms with E-state index in [0.717, 1.165) is 26.1 Å². The van der Waals surface area contributed by atoms with Crippen molar-refractivity contribution in [3.8, 4) is 0 Å². The number of likely N-dealkylation sites (tertiary alicyclic amines) is 1. The maximum Gasteiger partial charge on any atom is 0.237 e. The van der Waals surface area contributed by atoms with E-state index in [1.807, 2.05) is 0 Å². The second kappa shape index (κ2) is 9.73. The summed E-state index contributed by atoms with van der Waals surface area (Å²) in [5, 5.41) is -0.738. The minimum absolute atomic E-state index is 0.0290. The number of amides is 1. The van der Waals surface area contributed by atoms with Gasteiger partial charge in [-0.2, -0.15) is 0 Å². The fraction of sp³-hybridized carbons (Fsp3) is 0.933. The Bertz CT molecular complexity index is 434. The molecule has 1 saturated heterocycles. The molecule has 0 aromatic carbocycles. The quantitative estimate of drug-likeness (QED) is 0.536. The van der Waals surface area contributed by atoms with Crippen LogP contribution in [0, 0.1) is 0 Å². The number of nitrogens with zero attached hydrogens (tertiary/aromatic N) is 2. The van der Waals surface area contributed by atoms with E-state index in [1.165, 1.54) is 25.7 Å². The summed E-state index contributed by atoms with van der Waals surface area (Å²) in [7, 11) is 1.72. The van der Waals surface area contributed by atoms with Crippen molar-refractivity contribution in [2.75, 3.05) is 32.7 Å².